The first kappa shape index (κ1) is 15.8. The Bertz CT molecular complexity index is 133. The third-order valence-corrected chi connectivity index (χ3v) is 16.5. The second-order valence-electron chi connectivity index (χ2n) is 5.32. The molecule has 0 fully saturated rings. The van der Waals surface area contributed by atoms with Gasteiger partial charge >= 0.3 is 105 Å². The van der Waals surface area contributed by atoms with Gasteiger partial charge in [-0.3, -0.25) is 0 Å². The van der Waals surface area contributed by atoms with Crippen LogP contribution >= 0.6 is 0 Å². The zero-order valence-electron chi connectivity index (χ0n) is 11.7. The zero-order chi connectivity index (χ0) is 11.8. The van der Waals surface area contributed by atoms with Crippen molar-refractivity contribution in [1.29, 1.82) is 0 Å². The van der Waals surface area contributed by atoms with E-state index in [0.29, 0.717) is 0 Å². The normalized spacial score (nSPS) is 11.8. The Morgan fingerprint density at radius 1 is 0.933 bits per heavy atom. The molecular formula is C13H30InN. The Kier molecular flexibility index (Phi) is 9.42. The average Bonchev–Trinajstić information content (AvgIpc) is 2.17. The maximum absolute atomic E-state index is 2.56. The fourth-order valence-corrected chi connectivity index (χ4v) is 12.6. The molecule has 0 aliphatic carbocycles. The second-order valence-corrected chi connectivity index (χ2v) is 18.4. The minimum absolute atomic E-state index is 1.04. The van der Waals surface area contributed by atoms with Crippen LogP contribution in [0.1, 0.15) is 48.0 Å². The van der Waals surface area contributed by atoms with Crippen molar-refractivity contribution in [1.82, 2.24) is 4.90 Å². The summed E-state index contributed by atoms with van der Waals surface area (Å²) in [5.41, 5.74) is 0. The Hall–Kier alpha value is 0.830. The van der Waals surface area contributed by atoms with Crippen LogP contribution in [-0.4, -0.2) is 46.0 Å². The summed E-state index contributed by atoms with van der Waals surface area (Å²) in [5.74, 6) is 0. The summed E-state index contributed by atoms with van der Waals surface area (Å²) in [4.78, 5) is 2.56. The molecule has 0 rings (SSSR count). The topological polar surface area (TPSA) is 3.24 Å². The van der Waals surface area contributed by atoms with Gasteiger partial charge in [0, 0.05) is 0 Å². The van der Waals surface area contributed by atoms with Crippen molar-refractivity contribution < 1.29 is 0 Å². The first-order valence-electron chi connectivity index (χ1n) is 6.75. The van der Waals surface area contributed by atoms with Crippen LogP contribution in [0.5, 0.6) is 0 Å². The Morgan fingerprint density at radius 3 is 1.73 bits per heavy atom. The molecule has 90 valence electrons. The van der Waals surface area contributed by atoms with Gasteiger partial charge in [-0.2, -0.15) is 0 Å². The van der Waals surface area contributed by atoms with Crippen LogP contribution in [0.4, 0.5) is 0 Å². The first-order chi connectivity index (χ1) is 7.02. The summed E-state index contributed by atoms with van der Waals surface area (Å²) >= 11 is -1.20. The summed E-state index contributed by atoms with van der Waals surface area (Å²) < 4.78 is 3.69. The second kappa shape index (κ2) is 8.92. The summed E-state index contributed by atoms with van der Waals surface area (Å²) in [6.07, 6.45) is 1.46. The molecule has 0 bridgehead atoms. The molecule has 0 aromatic carbocycles. The van der Waals surface area contributed by atoms with Gasteiger partial charge in [0.05, 0.1) is 0 Å². The van der Waals surface area contributed by atoms with E-state index in [1.807, 2.05) is 0 Å². The molecule has 0 heterocycles. The Balaban J connectivity index is 3.80. The van der Waals surface area contributed by atoms with Crippen molar-refractivity contribution in [2.24, 2.45) is 0 Å². The summed E-state index contributed by atoms with van der Waals surface area (Å²) in [6, 6.07) is 0. The fourth-order valence-electron chi connectivity index (χ4n) is 2.53. The molecule has 1 nitrogen and oxygen atoms in total. The first-order valence-corrected chi connectivity index (χ1v) is 12.9. The third-order valence-electron chi connectivity index (χ3n) is 3.62. The molecule has 0 N–H and O–H groups in total. The molecule has 0 saturated heterocycles. The standard InChI is InChI=1S/C7H16N.2C3H7.In/c1-4-7-8(5-2)6-3;2*1-3-2;/h1,4-7H2,2-3H3;2*3H,1-2H3;. The maximum atomic E-state index is 2.56. The van der Waals surface area contributed by atoms with Crippen LogP contribution < -0.4 is 0 Å². The molecule has 0 saturated carbocycles. The molecule has 0 amide bonds. The van der Waals surface area contributed by atoms with Crippen LogP contribution in [-0.2, 0) is 0 Å². The molecule has 0 atom stereocenters. The molecule has 0 spiro atoms. The van der Waals surface area contributed by atoms with Gasteiger partial charge in [-0.1, -0.05) is 0 Å². The van der Waals surface area contributed by atoms with Crippen molar-refractivity contribution in [3.8, 4) is 0 Å². The van der Waals surface area contributed by atoms with Gasteiger partial charge in [0.15, 0.2) is 0 Å². The van der Waals surface area contributed by atoms with Crippen LogP contribution in [0, 0.1) is 0 Å². The molecule has 0 radical (unpaired) electrons. The van der Waals surface area contributed by atoms with Crippen molar-refractivity contribution >= 4 is 21.4 Å². The van der Waals surface area contributed by atoms with Crippen LogP contribution in [0.25, 0.3) is 0 Å². The van der Waals surface area contributed by atoms with Gasteiger partial charge in [0.1, 0.15) is 0 Å². The predicted octanol–water partition coefficient (Wildman–Crippen LogP) is 4.03. The van der Waals surface area contributed by atoms with Crippen molar-refractivity contribution in [2.75, 3.05) is 19.6 Å². The Labute approximate surface area is 105 Å². The van der Waals surface area contributed by atoms with Gasteiger partial charge in [0.25, 0.3) is 0 Å². The number of hydrogen-bond donors (Lipinski definition) is 0. The van der Waals surface area contributed by atoms with Gasteiger partial charge in [-0.25, -0.2) is 0 Å². The van der Waals surface area contributed by atoms with Gasteiger partial charge in [0.2, 0.25) is 0 Å². The van der Waals surface area contributed by atoms with E-state index in [2.05, 4.69) is 46.4 Å². The minimum atomic E-state index is -1.20. The molecule has 0 unspecified atom stereocenters. The summed E-state index contributed by atoms with van der Waals surface area (Å²) in [5, 5.41) is 0. The molecule has 0 aliphatic rings. The van der Waals surface area contributed by atoms with Crippen LogP contribution in [0.2, 0.25) is 11.5 Å². The molecule has 0 aromatic rings. The van der Waals surface area contributed by atoms with E-state index in [9.17, 15) is 0 Å². The van der Waals surface area contributed by atoms with E-state index in [1.165, 1.54) is 26.1 Å². The van der Waals surface area contributed by atoms with E-state index >= 15 is 0 Å². The van der Waals surface area contributed by atoms with E-state index in [-0.39, 0.29) is 0 Å². The quantitative estimate of drug-likeness (QED) is 0.653. The number of hydrogen-bond acceptors (Lipinski definition) is 1. The van der Waals surface area contributed by atoms with E-state index in [4.69, 9.17) is 0 Å². The SMILES string of the molecule is CCN(CC)CC[CH2][In]([CH](C)C)[CH](C)C. The van der Waals surface area contributed by atoms with Crippen molar-refractivity contribution in [2.45, 2.75) is 59.5 Å². The third kappa shape index (κ3) is 6.88. The average molecular weight is 315 g/mol. The zero-order valence-corrected chi connectivity index (χ0v) is 15.0. The molecular weight excluding hydrogens is 285 g/mol. The number of rotatable bonds is 8. The fraction of sp³-hybridized carbons (Fsp3) is 1.00. The van der Waals surface area contributed by atoms with Gasteiger partial charge in [-0.15, -0.1) is 0 Å². The van der Waals surface area contributed by atoms with E-state index in [1.54, 1.807) is 4.18 Å². The Morgan fingerprint density at radius 2 is 1.40 bits per heavy atom. The summed E-state index contributed by atoms with van der Waals surface area (Å²) in [7, 11) is 0. The summed E-state index contributed by atoms with van der Waals surface area (Å²) in [6.45, 7) is 18.1. The molecule has 15 heavy (non-hydrogen) atoms. The van der Waals surface area contributed by atoms with E-state index < -0.39 is 21.4 Å². The predicted molar refractivity (Wildman–Crippen MR) is 73.2 cm³/mol. The van der Waals surface area contributed by atoms with Gasteiger partial charge in [-0.05, 0) is 0 Å². The van der Waals surface area contributed by atoms with Crippen molar-refractivity contribution in [3.05, 3.63) is 0 Å². The molecule has 0 aliphatic heterocycles. The van der Waals surface area contributed by atoms with Crippen LogP contribution in [0.3, 0.4) is 0 Å². The monoisotopic (exact) mass is 315 g/mol. The number of nitrogens with zero attached hydrogens (tertiary/aromatic N) is 1. The molecule has 2 heteroatoms. The van der Waals surface area contributed by atoms with Gasteiger partial charge < -0.3 is 0 Å². The van der Waals surface area contributed by atoms with E-state index in [0.717, 1.165) is 7.35 Å². The van der Waals surface area contributed by atoms with Crippen molar-refractivity contribution in [3.63, 3.8) is 0 Å². The molecule has 0 aromatic heterocycles. The van der Waals surface area contributed by atoms with Crippen LogP contribution in [0.15, 0.2) is 0 Å².